The highest BCUT2D eigenvalue weighted by Gasteiger charge is 2.11. The molecule has 20 heavy (non-hydrogen) atoms. The molecule has 1 heterocycles. The fourth-order valence-corrected chi connectivity index (χ4v) is 2.53. The number of rotatable bonds is 6. The van der Waals surface area contributed by atoms with Crippen molar-refractivity contribution < 1.29 is 9.53 Å². The molecule has 1 aromatic heterocycles. The van der Waals surface area contributed by atoms with Crippen LogP contribution >= 0.6 is 11.3 Å². The Labute approximate surface area is 123 Å². The lowest BCUT2D eigenvalue weighted by Gasteiger charge is -2.14. The molecule has 0 spiro atoms. The number of nitrogens with zero attached hydrogens (tertiary/aromatic N) is 2. The first-order chi connectivity index (χ1) is 9.58. The molecule has 0 saturated heterocycles. The zero-order valence-electron chi connectivity index (χ0n) is 11.9. The Balaban J connectivity index is 1.92. The number of thiazole rings is 1. The Morgan fingerprint density at radius 3 is 2.60 bits per heavy atom. The molecule has 0 aliphatic carbocycles. The van der Waals surface area contributed by atoms with Crippen molar-refractivity contribution >= 4 is 17.1 Å². The van der Waals surface area contributed by atoms with Crippen molar-refractivity contribution in [2.24, 2.45) is 0 Å². The van der Waals surface area contributed by atoms with E-state index in [1.807, 2.05) is 24.3 Å². The lowest BCUT2D eigenvalue weighted by Crippen LogP contribution is -2.25. The van der Waals surface area contributed by atoms with E-state index in [1.54, 1.807) is 42.7 Å². The van der Waals surface area contributed by atoms with Crippen molar-refractivity contribution in [2.45, 2.75) is 13.5 Å². The number of methoxy groups -OCH3 is 1. The SMILES string of the molecule is COc1ccc(C(=O)CN(C)Cc2csc(C)n2)cc1. The molecule has 0 fully saturated rings. The summed E-state index contributed by atoms with van der Waals surface area (Å²) >= 11 is 1.63. The first kappa shape index (κ1) is 14.7. The topological polar surface area (TPSA) is 42.4 Å². The summed E-state index contributed by atoms with van der Waals surface area (Å²) < 4.78 is 5.08. The van der Waals surface area contributed by atoms with Crippen LogP contribution in [0.2, 0.25) is 0 Å². The molecule has 4 nitrogen and oxygen atoms in total. The van der Waals surface area contributed by atoms with E-state index in [1.165, 1.54) is 0 Å². The van der Waals surface area contributed by atoms with Gasteiger partial charge in [0.1, 0.15) is 5.75 Å². The molecule has 0 radical (unpaired) electrons. The quantitative estimate of drug-likeness (QED) is 0.767. The Morgan fingerprint density at radius 1 is 1.35 bits per heavy atom. The third-order valence-electron chi connectivity index (χ3n) is 2.92. The highest BCUT2D eigenvalue weighted by molar-refractivity contribution is 7.09. The summed E-state index contributed by atoms with van der Waals surface area (Å²) in [5.41, 5.74) is 1.71. The molecule has 0 saturated carbocycles. The molecule has 0 amide bonds. The van der Waals surface area contributed by atoms with E-state index in [0.717, 1.165) is 16.5 Å². The van der Waals surface area contributed by atoms with Crippen LogP contribution in [0.1, 0.15) is 21.1 Å². The van der Waals surface area contributed by atoms with Gasteiger partial charge in [0.2, 0.25) is 0 Å². The number of carbonyl (C=O) groups is 1. The average molecular weight is 290 g/mol. The van der Waals surface area contributed by atoms with E-state index < -0.39 is 0 Å². The number of ketones is 1. The summed E-state index contributed by atoms with van der Waals surface area (Å²) in [5.74, 6) is 0.856. The Hall–Kier alpha value is -1.72. The van der Waals surface area contributed by atoms with Crippen LogP contribution in [0, 0.1) is 6.92 Å². The molecule has 106 valence electrons. The van der Waals surface area contributed by atoms with Gasteiger partial charge in [0, 0.05) is 17.5 Å². The van der Waals surface area contributed by atoms with Crippen molar-refractivity contribution in [3.8, 4) is 5.75 Å². The second-order valence-corrected chi connectivity index (χ2v) is 5.74. The Morgan fingerprint density at radius 2 is 2.05 bits per heavy atom. The molecule has 5 heteroatoms. The van der Waals surface area contributed by atoms with Gasteiger partial charge in [0.25, 0.3) is 0 Å². The van der Waals surface area contributed by atoms with Crippen LogP contribution in [0.5, 0.6) is 5.75 Å². The summed E-state index contributed by atoms with van der Waals surface area (Å²) in [4.78, 5) is 18.5. The summed E-state index contributed by atoms with van der Waals surface area (Å²) in [7, 11) is 3.54. The number of benzene rings is 1. The fraction of sp³-hybridized carbons (Fsp3) is 0.333. The van der Waals surface area contributed by atoms with Gasteiger partial charge in [-0.05, 0) is 38.2 Å². The van der Waals surface area contributed by atoms with Gasteiger partial charge >= 0.3 is 0 Å². The zero-order valence-corrected chi connectivity index (χ0v) is 12.7. The van der Waals surface area contributed by atoms with Crippen LogP contribution < -0.4 is 4.74 Å². The number of ether oxygens (including phenoxy) is 1. The van der Waals surface area contributed by atoms with E-state index >= 15 is 0 Å². The maximum Gasteiger partial charge on any atom is 0.176 e. The van der Waals surface area contributed by atoms with Crippen LogP contribution in [0.25, 0.3) is 0 Å². The predicted octanol–water partition coefficient (Wildman–Crippen LogP) is 2.77. The van der Waals surface area contributed by atoms with Gasteiger partial charge in [-0.3, -0.25) is 9.69 Å². The van der Waals surface area contributed by atoms with E-state index in [4.69, 9.17) is 4.74 Å². The van der Waals surface area contributed by atoms with Gasteiger partial charge in [-0.25, -0.2) is 4.98 Å². The van der Waals surface area contributed by atoms with Crippen molar-refractivity contribution in [2.75, 3.05) is 20.7 Å². The normalized spacial score (nSPS) is 10.8. The van der Waals surface area contributed by atoms with Gasteiger partial charge in [-0.15, -0.1) is 11.3 Å². The van der Waals surface area contributed by atoms with E-state index in [0.29, 0.717) is 18.7 Å². The number of likely N-dealkylation sites (N-methyl/N-ethyl adjacent to an activating group) is 1. The smallest absolute Gasteiger partial charge is 0.176 e. The van der Waals surface area contributed by atoms with Gasteiger partial charge < -0.3 is 4.74 Å². The zero-order chi connectivity index (χ0) is 14.5. The number of hydrogen-bond acceptors (Lipinski definition) is 5. The first-order valence-electron chi connectivity index (χ1n) is 6.35. The first-order valence-corrected chi connectivity index (χ1v) is 7.23. The average Bonchev–Trinajstić information content (AvgIpc) is 2.84. The number of aromatic nitrogens is 1. The second-order valence-electron chi connectivity index (χ2n) is 4.68. The fourth-order valence-electron chi connectivity index (χ4n) is 1.93. The maximum absolute atomic E-state index is 12.1. The van der Waals surface area contributed by atoms with E-state index in [2.05, 4.69) is 4.98 Å². The summed E-state index contributed by atoms with van der Waals surface area (Å²) in [6, 6.07) is 7.19. The minimum Gasteiger partial charge on any atom is -0.497 e. The minimum atomic E-state index is 0.0992. The number of Topliss-reactive ketones (excluding diaryl/α,β-unsaturated/α-hetero) is 1. The van der Waals surface area contributed by atoms with Crippen LogP contribution in [-0.2, 0) is 6.54 Å². The van der Waals surface area contributed by atoms with Gasteiger partial charge in [0.15, 0.2) is 5.78 Å². The molecule has 0 N–H and O–H groups in total. The Bertz CT molecular complexity index is 578. The monoisotopic (exact) mass is 290 g/mol. The Kier molecular flexibility index (Phi) is 4.87. The van der Waals surface area contributed by atoms with Crippen LogP contribution in [0.4, 0.5) is 0 Å². The molecule has 0 unspecified atom stereocenters. The van der Waals surface area contributed by atoms with Crippen molar-refractivity contribution in [1.29, 1.82) is 0 Å². The molecular formula is C15H18N2O2S. The molecule has 2 rings (SSSR count). The number of carbonyl (C=O) groups excluding carboxylic acids is 1. The number of aryl methyl sites for hydroxylation is 1. The van der Waals surface area contributed by atoms with Gasteiger partial charge in [-0.2, -0.15) is 0 Å². The third-order valence-corrected chi connectivity index (χ3v) is 3.75. The summed E-state index contributed by atoms with van der Waals surface area (Å²) in [5, 5.41) is 3.08. The van der Waals surface area contributed by atoms with Crippen molar-refractivity contribution in [3.05, 3.63) is 45.9 Å². The van der Waals surface area contributed by atoms with Crippen LogP contribution in [-0.4, -0.2) is 36.4 Å². The van der Waals surface area contributed by atoms with Crippen LogP contribution in [0.3, 0.4) is 0 Å². The maximum atomic E-state index is 12.1. The lowest BCUT2D eigenvalue weighted by molar-refractivity contribution is 0.0942. The van der Waals surface area contributed by atoms with Crippen molar-refractivity contribution in [3.63, 3.8) is 0 Å². The van der Waals surface area contributed by atoms with Gasteiger partial charge in [0.05, 0.1) is 24.4 Å². The third kappa shape index (κ3) is 3.88. The van der Waals surface area contributed by atoms with E-state index in [-0.39, 0.29) is 5.78 Å². The van der Waals surface area contributed by atoms with Gasteiger partial charge in [-0.1, -0.05) is 0 Å². The molecular weight excluding hydrogens is 272 g/mol. The highest BCUT2D eigenvalue weighted by atomic mass is 32.1. The summed E-state index contributed by atoms with van der Waals surface area (Å²) in [6.07, 6.45) is 0. The predicted molar refractivity (Wildman–Crippen MR) is 80.5 cm³/mol. The van der Waals surface area contributed by atoms with Crippen LogP contribution in [0.15, 0.2) is 29.6 Å². The molecule has 0 bridgehead atoms. The van der Waals surface area contributed by atoms with Crippen molar-refractivity contribution in [1.82, 2.24) is 9.88 Å². The molecule has 0 atom stereocenters. The number of hydrogen-bond donors (Lipinski definition) is 0. The lowest BCUT2D eigenvalue weighted by atomic mass is 10.1. The minimum absolute atomic E-state index is 0.0992. The molecule has 0 aliphatic rings. The molecule has 2 aromatic rings. The molecule has 1 aromatic carbocycles. The highest BCUT2D eigenvalue weighted by Crippen LogP contribution is 2.13. The standard InChI is InChI=1S/C15H18N2O2S/c1-11-16-13(10-20-11)8-17(2)9-15(18)12-4-6-14(19-3)7-5-12/h4-7,10H,8-9H2,1-3H3. The molecule has 0 aliphatic heterocycles. The largest absolute Gasteiger partial charge is 0.497 e. The summed E-state index contributed by atoms with van der Waals surface area (Å²) in [6.45, 7) is 3.05. The second kappa shape index (κ2) is 6.63. The van der Waals surface area contributed by atoms with E-state index in [9.17, 15) is 4.79 Å².